The predicted octanol–water partition coefficient (Wildman–Crippen LogP) is 4.73. The average Bonchev–Trinajstić information content (AvgIpc) is 3.27. The van der Waals surface area contributed by atoms with E-state index in [4.69, 9.17) is 4.74 Å². The van der Waals surface area contributed by atoms with Gasteiger partial charge in [-0.2, -0.15) is 0 Å². The van der Waals surface area contributed by atoms with Crippen molar-refractivity contribution < 1.29 is 14.3 Å². The van der Waals surface area contributed by atoms with E-state index in [2.05, 4.69) is 25.9 Å². The first-order valence-corrected chi connectivity index (χ1v) is 13.5. The van der Waals surface area contributed by atoms with E-state index in [1.807, 2.05) is 67.6 Å². The summed E-state index contributed by atoms with van der Waals surface area (Å²) >= 11 is 0. The molecule has 0 saturated carbocycles. The lowest BCUT2D eigenvalue weighted by Crippen LogP contribution is -2.49. The molecule has 208 valence electrons. The first-order valence-electron chi connectivity index (χ1n) is 13.5. The van der Waals surface area contributed by atoms with Crippen LogP contribution in [-0.2, 0) is 29.0 Å². The van der Waals surface area contributed by atoms with Crippen molar-refractivity contribution in [1.29, 1.82) is 0 Å². The fourth-order valence-corrected chi connectivity index (χ4v) is 5.11. The van der Waals surface area contributed by atoms with Crippen LogP contribution in [0.1, 0.15) is 22.4 Å². The Hall–Kier alpha value is -4.98. The number of nitrogens with one attached hydrogen (secondary N) is 1. The van der Waals surface area contributed by atoms with Crippen LogP contribution in [0.15, 0.2) is 97.5 Å². The Balaban J connectivity index is 1.40. The van der Waals surface area contributed by atoms with Gasteiger partial charge in [0.1, 0.15) is 6.04 Å². The van der Waals surface area contributed by atoms with Crippen molar-refractivity contribution >= 4 is 28.4 Å². The summed E-state index contributed by atoms with van der Waals surface area (Å²) in [5, 5.41) is 4.07. The number of ether oxygens (including phenoxy) is 1. The third-order valence-electron chi connectivity index (χ3n) is 7.35. The van der Waals surface area contributed by atoms with Crippen LogP contribution in [0.4, 0.5) is 5.69 Å². The fourth-order valence-electron chi connectivity index (χ4n) is 5.11. The second kappa shape index (κ2) is 12.5. The molecule has 0 bridgehead atoms. The van der Waals surface area contributed by atoms with E-state index in [1.54, 1.807) is 44.9 Å². The van der Waals surface area contributed by atoms with Gasteiger partial charge in [0.15, 0.2) is 0 Å². The Bertz CT molecular complexity index is 1630. The molecule has 3 aromatic heterocycles. The van der Waals surface area contributed by atoms with Gasteiger partial charge in [-0.1, -0.05) is 48.5 Å². The van der Waals surface area contributed by atoms with Crippen molar-refractivity contribution in [2.45, 2.75) is 32.4 Å². The van der Waals surface area contributed by atoms with Crippen LogP contribution in [0.3, 0.4) is 0 Å². The number of carbonyl (C=O) groups is 2. The van der Waals surface area contributed by atoms with Crippen LogP contribution in [-0.4, -0.2) is 46.5 Å². The number of likely N-dealkylation sites (N-methyl/N-ethyl adjacent to an activating group) is 1. The van der Waals surface area contributed by atoms with Gasteiger partial charge in [0.2, 0.25) is 17.7 Å². The van der Waals surface area contributed by atoms with Gasteiger partial charge in [-0.25, -0.2) is 4.98 Å². The number of fused-ring (bicyclic) bond motifs is 1. The lowest BCUT2D eigenvalue weighted by molar-refractivity contribution is -0.127. The van der Waals surface area contributed by atoms with Crippen molar-refractivity contribution in [3.63, 3.8) is 0 Å². The highest BCUT2D eigenvalue weighted by Crippen LogP contribution is 2.27. The number of aromatic nitrogens is 3. The van der Waals surface area contributed by atoms with Gasteiger partial charge >= 0.3 is 0 Å². The second-order valence-corrected chi connectivity index (χ2v) is 9.97. The van der Waals surface area contributed by atoms with E-state index < -0.39 is 6.04 Å². The van der Waals surface area contributed by atoms with Crippen LogP contribution in [0.2, 0.25) is 0 Å². The van der Waals surface area contributed by atoms with Gasteiger partial charge in [0, 0.05) is 55.1 Å². The summed E-state index contributed by atoms with van der Waals surface area (Å²) < 4.78 is 7.37. The number of methoxy groups -OCH3 is 1. The maximum atomic E-state index is 13.7. The minimum Gasteiger partial charge on any atom is -0.481 e. The molecule has 3 heterocycles. The van der Waals surface area contributed by atoms with Crippen molar-refractivity contribution in [2.24, 2.45) is 0 Å². The summed E-state index contributed by atoms with van der Waals surface area (Å²) in [4.78, 5) is 37.2. The first kappa shape index (κ1) is 27.6. The molecule has 1 atom stereocenters. The summed E-state index contributed by atoms with van der Waals surface area (Å²) in [5.74, 6) is 0.0173. The molecule has 8 nitrogen and oxygen atoms in total. The zero-order chi connectivity index (χ0) is 28.8. The van der Waals surface area contributed by atoms with Gasteiger partial charge < -0.3 is 19.5 Å². The number of carbonyl (C=O) groups excluding carboxylic acids is 2. The van der Waals surface area contributed by atoms with Gasteiger partial charge in [0.25, 0.3) is 0 Å². The molecule has 0 saturated heterocycles. The molecule has 5 rings (SSSR count). The standard InChI is InChI=1S/C33H33N5O3/c1-23-28(27-11-7-8-12-30(27)38(23)22-25-15-17-34-18-16-25)20-31(39)36-29(19-24-9-5-4-6-10-24)33(40)37(2)26-13-14-32(41-3)35-21-26/h4-18,21,29H,19-20,22H2,1-3H3,(H,36,39)/t29-/m0/s1. The summed E-state index contributed by atoms with van der Waals surface area (Å²) in [5.41, 5.74) is 5.73. The lowest BCUT2D eigenvalue weighted by Gasteiger charge is -2.25. The largest absolute Gasteiger partial charge is 0.481 e. The monoisotopic (exact) mass is 547 g/mol. The highest BCUT2D eigenvalue weighted by atomic mass is 16.5. The highest BCUT2D eigenvalue weighted by molar-refractivity contribution is 5.99. The van der Waals surface area contributed by atoms with E-state index in [-0.39, 0.29) is 18.2 Å². The minimum absolute atomic E-state index is 0.155. The van der Waals surface area contributed by atoms with Crippen LogP contribution in [0.5, 0.6) is 5.88 Å². The number of hydrogen-bond acceptors (Lipinski definition) is 5. The van der Waals surface area contributed by atoms with Crippen molar-refractivity contribution in [1.82, 2.24) is 19.9 Å². The first-order chi connectivity index (χ1) is 19.9. The van der Waals surface area contributed by atoms with Gasteiger partial charge in [-0.3, -0.25) is 14.6 Å². The Morgan fingerprint density at radius 2 is 1.68 bits per heavy atom. The third-order valence-corrected chi connectivity index (χ3v) is 7.35. The fraction of sp³-hybridized carbons (Fsp3) is 0.212. The molecule has 0 radical (unpaired) electrons. The van der Waals surface area contributed by atoms with E-state index >= 15 is 0 Å². The average molecular weight is 548 g/mol. The van der Waals surface area contributed by atoms with Crippen molar-refractivity contribution in [2.75, 3.05) is 19.1 Å². The molecule has 5 aromatic rings. The van der Waals surface area contributed by atoms with E-state index in [0.717, 1.165) is 33.3 Å². The topological polar surface area (TPSA) is 89.4 Å². The van der Waals surface area contributed by atoms with Crippen LogP contribution < -0.4 is 15.0 Å². The molecule has 2 amide bonds. The molecular formula is C33H33N5O3. The zero-order valence-corrected chi connectivity index (χ0v) is 23.4. The Labute approximate surface area is 239 Å². The third kappa shape index (κ3) is 6.27. The van der Waals surface area contributed by atoms with Crippen LogP contribution >= 0.6 is 0 Å². The number of benzene rings is 2. The molecule has 0 fully saturated rings. The summed E-state index contributed by atoms with van der Waals surface area (Å²) in [6.45, 7) is 2.72. The molecule has 0 unspecified atom stereocenters. The normalized spacial score (nSPS) is 11.7. The number of pyridine rings is 2. The Kier molecular flexibility index (Phi) is 8.39. The predicted molar refractivity (Wildman–Crippen MR) is 160 cm³/mol. The number of amides is 2. The molecule has 41 heavy (non-hydrogen) atoms. The maximum Gasteiger partial charge on any atom is 0.249 e. The van der Waals surface area contributed by atoms with E-state index in [1.165, 1.54) is 4.90 Å². The highest BCUT2D eigenvalue weighted by Gasteiger charge is 2.26. The smallest absolute Gasteiger partial charge is 0.249 e. The number of hydrogen-bond donors (Lipinski definition) is 1. The molecule has 0 spiro atoms. The summed E-state index contributed by atoms with van der Waals surface area (Å²) in [6, 6.07) is 24.5. The van der Waals surface area contributed by atoms with Crippen molar-refractivity contribution in [3.05, 3.63) is 120 Å². The van der Waals surface area contributed by atoms with Crippen LogP contribution in [0.25, 0.3) is 10.9 Å². The van der Waals surface area contributed by atoms with Gasteiger partial charge in [-0.15, -0.1) is 0 Å². The molecule has 0 aliphatic heterocycles. The molecule has 0 aliphatic carbocycles. The summed E-state index contributed by atoms with van der Waals surface area (Å²) in [7, 11) is 3.23. The number of rotatable bonds is 10. The molecule has 1 N–H and O–H groups in total. The van der Waals surface area contributed by atoms with Gasteiger partial charge in [0.05, 0.1) is 25.4 Å². The molecule has 8 heteroatoms. The minimum atomic E-state index is -0.762. The molecule has 0 aliphatic rings. The zero-order valence-electron chi connectivity index (χ0n) is 23.4. The van der Waals surface area contributed by atoms with E-state index in [9.17, 15) is 9.59 Å². The SMILES string of the molecule is COc1ccc(N(C)C(=O)[C@H](Cc2ccccc2)NC(=O)Cc2c(C)n(Cc3ccncc3)c3ccccc23)cn1. The van der Waals surface area contributed by atoms with Crippen LogP contribution in [0, 0.1) is 6.92 Å². The molecular weight excluding hydrogens is 514 g/mol. The quantitative estimate of drug-likeness (QED) is 0.273. The number of nitrogens with zero attached hydrogens (tertiary/aromatic N) is 4. The Morgan fingerprint density at radius 1 is 0.951 bits per heavy atom. The number of para-hydroxylation sites is 1. The maximum absolute atomic E-state index is 13.7. The van der Waals surface area contributed by atoms with E-state index in [0.29, 0.717) is 24.5 Å². The lowest BCUT2D eigenvalue weighted by atomic mass is 10.0. The second-order valence-electron chi connectivity index (χ2n) is 9.97. The summed E-state index contributed by atoms with van der Waals surface area (Å²) in [6.07, 6.45) is 5.67. The Morgan fingerprint density at radius 3 is 2.39 bits per heavy atom. The molecule has 2 aromatic carbocycles. The van der Waals surface area contributed by atoms with Crippen molar-refractivity contribution in [3.8, 4) is 5.88 Å². The van der Waals surface area contributed by atoms with Gasteiger partial charge in [-0.05, 0) is 47.9 Å². The number of anilines is 1.